The number of aromatic amines is 1. The Morgan fingerprint density at radius 1 is 1.38 bits per heavy atom. The summed E-state index contributed by atoms with van der Waals surface area (Å²) in [6, 6.07) is 2.56. The molecule has 2 N–H and O–H groups in total. The molecule has 1 spiro atoms. The van der Waals surface area contributed by atoms with Crippen LogP contribution in [0.2, 0.25) is 0 Å². The molecule has 0 amide bonds. The van der Waals surface area contributed by atoms with Gasteiger partial charge in [0, 0.05) is 25.8 Å². The maximum absolute atomic E-state index is 12.1. The second-order valence-electron chi connectivity index (χ2n) is 7.33. The van der Waals surface area contributed by atoms with Gasteiger partial charge in [0.2, 0.25) is 0 Å². The fourth-order valence-corrected chi connectivity index (χ4v) is 5.89. The highest BCUT2D eigenvalue weighted by Crippen LogP contribution is 2.58. The third-order valence-electron chi connectivity index (χ3n) is 5.67. The molecule has 2 saturated carbocycles. The van der Waals surface area contributed by atoms with Crippen molar-refractivity contribution in [2.24, 2.45) is 5.41 Å². The van der Waals surface area contributed by atoms with Crippen molar-refractivity contribution >= 4 is 27.8 Å². The molecule has 2 aliphatic rings. The van der Waals surface area contributed by atoms with Crippen LogP contribution in [0.3, 0.4) is 0 Å². The number of rotatable bonds is 6. The van der Waals surface area contributed by atoms with Gasteiger partial charge in [0.25, 0.3) is 0 Å². The van der Waals surface area contributed by atoms with Crippen LogP contribution >= 0.6 is 0 Å². The summed E-state index contributed by atoms with van der Waals surface area (Å²) in [6.45, 7) is 2.95. The molecule has 1 atom stereocenters. The van der Waals surface area contributed by atoms with Crippen LogP contribution < -0.4 is 9.62 Å². The molecule has 0 aliphatic heterocycles. The van der Waals surface area contributed by atoms with Gasteiger partial charge in [-0.05, 0) is 43.6 Å². The summed E-state index contributed by atoms with van der Waals surface area (Å²) in [5.74, 6) is 1.00. The van der Waals surface area contributed by atoms with Gasteiger partial charge in [0.15, 0.2) is 0 Å². The maximum Gasteiger partial charge on any atom is 0.142 e. The predicted molar refractivity (Wildman–Crippen MR) is 97.2 cm³/mol. The van der Waals surface area contributed by atoms with Crippen molar-refractivity contribution in [1.29, 1.82) is 0 Å². The first kappa shape index (κ1) is 16.0. The second kappa shape index (κ2) is 6.11. The number of hydrogen-bond acceptors (Lipinski definition) is 4. The molecule has 0 aromatic carbocycles. The van der Waals surface area contributed by atoms with Gasteiger partial charge in [-0.25, -0.2) is 18.9 Å². The Hall–Kier alpha value is -1.47. The molecule has 0 radical (unpaired) electrons. The van der Waals surface area contributed by atoms with E-state index in [-0.39, 0.29) is 0 Å². The quantitative estimate of drug-likeness (QED) is 0.841. The third kappa shape index (κ3) is 2.63. The number of nitrogens with one attached hydrogen (secondary N) is 2. The Morgan fingerprint density at radius 2 is 2.17 bits per heavy atom. The van der Waals surface area contributed by atoms with E-state index in [1.165, 1.54) is 12.8 Å². The van der Waals surface area contributed by atoms with Crippen molar-refractivity contribution in [1.82, 2.24) is 19.7 Å². The van der Waals surface area contributed by atoms with Crippen molar-refractivity contribution in [3.05, 3.63) is 18.6 Å². The Labute approximate surface area is 145 Å². The first-order valence-electron chi connectivity index (χ1n) is 8.77. The normalized spacial score (nSPS) is 30.1. The fraction of sp³-hybridized carbons (Fsp3) is 0.647. The summed E-state index contributed by atoms with van der Waals surface area (Å²) >= 11 is 0. The summed E-state index contributed by atoms with van der Waals surface area (Å²) in [5.41, 5.74) is 1.32. The van der Waals surface area contributed by atoms with Gasteiger partial charge in [-0.3, -0.25) is 0 Å². The van der Waals surface area contributed by atoms with E-state index in [1.807, 2.05) is 12.3 Å². The highest BCUT2D eigenvalue weighted by molar-refractivity contribution is 7.83. The highest BCUT2D eigenvalue weighted by Gasteiger charge is 2.55. The molecule has 7 heteroatoms. The molecule has 24 heavy (non-hydrogen) atoms. The van der Waals surface area contributed by atoms with E-state index < -0.39 is 11.0 Å². The minimum absolute atomic E-state index is 0.346. The summed E-state index contributed by atoms with van der Waals surface area (Å²) in [6.07, 6.45) is 9.13. The van der Waals surface area contributed by atoms with E-state index in [1.54, 1.807) is 6.33 Å². The molecular weight excluding hydrogens is 322 g/mol. The molecular formula is C17H25N5OS. The molecule has 0 bridgehead atoms. The topological polar surface area (TPSA) is 73.9 Å². The standard InChI is InChI=1S/C17H25N5OS/c1-3-5-21-24(23)13-9-17(10-13)7-12(8-17)22(2)16-14-4-6-18-15(14)19-11-20-16/h4,6,11-13,21H,3,5,7-10H2,1-2H3,(H,18,19,20). The molecule has 0 saturated heterocycles. The summed E-state index contributed by atoms with van der Waals surface area (Å²) in [4.78, 5) is 14.2. The average Bonchev–Trinajstić information content (AvgIpc) is 2.98. The van der Waals surface area contributed by atoms with Crippen LogP contribution in [0.5, 0.6) is 0 Å². The lowest BCUT2D eigenvalue weighted by Gasteiger charge is -2.59. The molecule has 130 valence electrons. The lowest BCUT2D eigenvalue weighted by Crippen LogP contribution is -2.59. The van der Waals surface area contributed by atoms with Gasteiger partial charge in [-0.1, -0.05) is 6.92 Å². The predicted octanol–water partition coefficient (Wildman–Crippen LogP) is 2.37. The van der Waals surface area contributed by atoms with E-state index in [2.05, 4.69) is 38.5 Å². The van der Waals surface area contributed by atoms with Crippen LogP contribution in [0.15, 0.2) is 18.6 Å². The van der Waals surface area contributed by atoms with Crippen LogP contribution in [0.4, 0.5) is 5.82 Å². The molecule has 6 nitrogen and oxygen atoms in total. The first-order valence-corrected chi connectivity index (χ1v) is 9.98. The number of H-pyrrole nitrogens is 1. The highest BCUT2D eigenvalue weighted by atomic mass is 32.2. The van der Waals surface area contributed by atoms with Gasteiger partial charge in [-0.2, -0.15) is 0 Å². The molecule has 2 fully saturated rings. The van der Waals surface area contributed by atoms with Gasteiger partial charge < -0.3 is 9.88 Å². The van der Waals surface area contributed by atoms with Gasteiger partial charge in [-0.15, -0.1) is 0 Å². The van der Waals surface area contributed by atoms with Crippen molar-refractivity contribution in [3.8, 4) is 0 Å². The molecule has 2 aromatic heterocycles. The lowest BCUT2D eigenvalue weighted by molar-refractivity contribution is 0.0148. The number of aromatic nitrogens is 3. The monoisotopic (exact) mass is 347 g/mol. The van der Waals surface area contributed by atoms with Crippen LogP contribution in [-0.4, -0.2) is 44.0 Å². The lowest BCUT2D eigenvalue weighted by atomic mass is 9.53. The van der Waals surface area contributed by atoms with Crippen LogP contribution in [0.1, 0.15) is 39.0 Å². The Bertz CT molecular complexity index is 746. The van der Waals surface area contributed by atoms with Crippen molar-refractivity contribution < 1.29 is 4.21 Å². The average molecular weight is 347 g/mol. The minimum atomic E-state index is -0.852. The Morgan fingerprint density at radius 3 is 2.92 bits per heavy atom. The molecule has 2 aromatic rings. The zero-order valence-corrected chi connectivity index (χ0v) is 15.1. The molecule has 2 heterocycles. The van der Waals surface area contributed by atoms with Crippen molar-refractivity contribution in [3.63, 3.8) is 0 Å². The van der Waals surface area contributed by atoms with Gasteiger partial charge >= 0.3 is 0 Å². The Balaban J connectivity index is 1.35. The van der Waals surface area contributed by atoms with Crippen LogP contribution in [0, 0.1) is 5.41 Å². The molecule has 1 unspecified atom stereocenters. The van der Waals surface area contributed by atoms with E-state index in [0.29, 0.717) is 16.7 Å². The minimum Gasteiger partial charge on any atom is -0.356 e. The van der Waals surface area contributed by atoms with Crippen molar-refractivity contribution in [2.45, 2.75) is 50.3 Å². The largest absolute Gasteiger partial charge is 0.356 e. The zero-order chi connectivity index (χ0) is 16.7. The van der Waals surface area contributed by atoms with Crippen molar-refractivity contribution in [2.75, 3.05) is 18.5 Å². The van der Waals surface area contributed by atoms with Crippen LogP contribution in [-0.2, 0) is 11.0 Å². The second-order valence-corrected chi connectivity index (χ2v) is 8.88. The van der Waals surface area contributed by atoms with E-state index in [4.69, 9.17) is 0 Å². The van der Waals surface area contributed by atoms with E-state index >= 15 is 0 Å². The summed E-state index contributed by atoms with van der Waals surface area (Å²) in [7, 11) is 1.28. The summed E-state index contributed by atoms with van der Waals surface area (Å²) < 4.78 is 15.3. The fourth-order valence-electron chi connectivity index (χ4n) is 4.24. The zero-order valence-electron chi connectivity index (χ0n) is 14.3. The smallest absolute Gasteiger partial charge is 0.142 e. The maximum atomic E-state index is 12.1. The SMILES string of the molecule is CCCNS(=O)C1CC2(CC(N(C)c3ncnc4[nH]ccc34)C2)C1. The summed E-state index contributed by atoms with van der Waals surface area (Å²) in [5, 5.41) is 1.43. The number of fused-ring (bicyclic) bond motifs is 1. The number of anilines is 1. The molecule has 4 rings (SSSR count). The van der Waals surface area contributed by atoms with E-state index in [0.717, 1.165) is 42.7 Å². The van der Waals surface area contributed by atoms with Gasteiger partial charge in [0.05, 0.1) is 21.6 Å². The Kier molecular flexibility index (Phi) is 4.08. The molecule has 2 aliphatic carbocycles. The first-order chi connectivity index (χ1) is 11.6. The third-order valence-corrected chi connectivity index (χ3v) is 7.10. The van der Waals surface area contributed by atoms with Gasteiger partial charge in [0.1, 0.15) is 17.8 Å². The van der Waals surface area contributed by atoms with Crippen LogP contribution in [0.25, 0.3) is 11.0 Å². The van der Waals surface area contributed by atoms with E-state index in [9.17, 15) is 4.21 Å². The number of nitrogens with zero attached hydrogens (tertiary/aromatic N) is 3. The number of hydrogen-bond donors (Lipinski definition) is 2.